The molecule has 6 nitrogen and oxygen atoms in total. The number of fused-ring (bicyclic) bond motifs is 1. The van der Waals surface area contributed by atoms with E-state index in [2.05, 4.69) is 6.92 Å². The zero-order chi connectivity index (χ0) is 26.3. The lowest BCUT2D eigenvalue weighted by molar-refractivity contribution is 0.0282. The number of benzene rings is 3. The van der Waals surface area contributed by atoms with Crippen molar-refractivity contribution < 1.29 is 22.9 Å². The normalized spacial score (nSPS) is 18.2. The van der Waals surface area contributed by atoms with Crippen LogP contribution >= 0.6 is 7.82 Å². The smallest absolute Gasteiger partial charge is 0.325 e. The molecule has 3 atom stereocenters. The summed E-state index contributed by atoms with van der Waals surface area (Å²) < 4.78 is 29.8. The summed E-state index contributed by atoms with van der Waals surface area (Å²) in [5.41, 5.74) is 4.86. The van der Waals surface area contributed by atoms with E-state index in [1.165, 1.54) is 12.7 Å². The average molecular weight is 522 g/mol. The molecule has 0 saturated carbocycles. The average Bonchev–Trinajstić information content (AvgIpc) is 3.28. The molecule has 3 aromatic carbocycles. The standard InChI is InChI=1S/C30H36NO5P/c1-4-6-12-23-17-19-25(20-18-23)30(32)31(22-24-13-8-7-9-14-24)29-27-16-11-10-15-26(27)21-28(29)36-37(33,34-3)35-5-2/h7-11,13-20,28-29H,4-6,12,21-22H2,1-3H3. The SMILES string of the molecule is CCCCc1ccc(C(=O)N(Cc2ccccc2)C2c3ccccc3CC2OP(=O)(OC)OCC)cc1. The van der Waals surface area contributed by atoms with Gasteiger partial charge < -0.3 is 4.90 Å². The van der Waals surface area contributed by atoms with Crippen LogP contribution in [0.2, 0.25) is 0 Å². The molecular weight excluding hydrogens is 485 g/mol. The topological polar surface area (TPSA) is 65.1 Å². The maximum absolute atomic E-state index is 14.1. The second-order valence-electron chi connectivity index (χ2n) is 9.26. The van der Waals surface area contributed by atoms with E-state index >= 15 is 0 Å². The molecule has 1 aliphatic carbocycles. The number of hydrogen-bond donors (Lipinski definition) is 0. The molecule has 4 rings (SSSR count). The molecule has 0 spiro atoms. The van der Waals surface area contributed by atoms with Crippen molar-refractivity contribution in [2.75, 3.05) is 13.7 Å². The van der Waals surface area contributed by atoms with Gasteiger partial charge in [-0.2, -0.15) is 0 Å². The molecule has 3 unspecified atom stereocenters. The number of aryl methyl sites for hydroxylation is 1. The number of nitrogens with zero attached hydrogens (tertiary/aromatic N) is 1. The molecule has 7 heteroatoms. The molecule has 0 aliphatic heterocycles. The molecule has 0 fully saturated rings. The number of phosphoric ester groups is 1. The summed E-state index contributed by atoms with van der Waals surface area (Å²) in [6.45, 7) is 4.48. The van der Waals surface area contributed by atoms with E-state index in [4.69, 9.17) is 13.6 Å². The Bertz CT molecular complexity index is 1210. The first-order chi connectivity index (χ1) is 18.0. The fraction of sp³-hybridized carbons (Fsp3) is 0.367. The largest absolute Gasteiger partial charge is 0.474 e. The van der Waals surface area contributed by atoms with E-state index in [0.717, 1.165) is 36.0 Å². The summed E-state index contributed by atoms with van der Waals surface area (Å²) in [7, 11) is -2.47. The maximum Gasteiger partial charge on any atom is 0.474 e. The van der Waals surface area contributed by atoms with Crippen LogP contribution in [0.25, 0.3) is 0 Å². The molecule has 0 radical (unpaired) electrons. The summed E-state index contributed by atoms with van der Waals surface area (Å²) >= 11 is 0. The van der Waals surface area contributed by atoms with Crippen molar-refractivity contribution in [2.45, 2.75) is 58.2 Å². The fourth-order valence-electron chi connectivity index (χ4n) is 4.89. The van der Waals surface area contributed by atoms with Crippen LogP contribution in [0.5, 0.6) is 0 Å². The van der Waals surface area contributed by atoms with E-state index in [-0.39, 0.29) is 12.5 Å². The van der Waals surface area contributed by atoms with Gasteiger partial charge in [-0.05, 0) is 54.2 Å². The third kappa shape index (κ3) is 6.58. The molecule has 37 heavy (non-hydrogen) atoms. The van der Waals surface area contributed by atoms with Gasteiger partial charge in [0.1, 0.15) is 0 Å². The summed E-state index contributed by atoms with van der Waals surface area (Å²) in [6, 6.07) is 25.3. The summed E-state index contributed by atoms with van der Waals surface area (Å²) in [5.74, 6) is -0.107. The van der Waals surface area contributed by atoms with Crippen LogP contribution in [0.15, 0.2) is 78.9 Å². The highest BCUT2D eigenvalue weighted by Crippen LogP contribution is 2.54. The Morgan fingerprint density at radius 1 is 0.946 bits per heavy atom. The van der Waals surface area contributed by atoms with Crippen molar-refractivity contribution in [1.82, 2.24) is 4.90 Å². The van der Waals surface area contributed by atoms with Gasteiger partial charge in [-0.3, -0.25) is 18.4 Å². The van der Waals surface area contributed by atoms with Gasteiger partial charge in [-0.15, -0.1) is 0 Å². The van der Waals surface area contributed by atoms with Gasteiger partial charge in [0.15, 0.2) is 0 Å². The minimum absolute atomic E-state index is 0.107. The Kier molecular flexibility index (Phi) is 9.33. The number of hydrogen-bond acceptors (Lipinski definition) is 5. The van der Waals surface area contributed by atoms with E-state index in [1.54, 1.807) is 6.92 Å². The van der Waals surface area contributed by atoms with Crippen LogP contribution in [0.3, 0.4) is 0 Å². The van der Waals surface area contributed by atoms with Gasteiger partial charge in [0.25, 0.3) is 5.91 Å². The monoisotopic (exact) mass is 521 g/mol. The number of phosphoric acid groups is 1. The molecule has 1 amide bonds. The Morgan fingerprint density at radius 3 is 2.32 bits per heavy atom. The molecule has 196 valence electrons. The summed E-state index contributed by atoms with van der Waals surface area (Å²) in [5, 5.41) is 0. The van der Waals surface area contributed by atoms with E-state index in [0.29, 0.717) is 18.5 Å². The Balaban J connectivity index is 1.73. The lowest BCUT2D eigenvalue weighted by atomic mass is 10.0. The molecule has 0 heterocycles. The number of unbranched alkanes of at least 4 members (excludes halogenated alkanes) is 1. The fourth-order valence-corrected chi connectivity index (χ4v) is 5.98. The molecule has 0 saturated heterocycles. The van der Waals surface area contributed by atoms with Gasteiger partial charge in [-0.1, -0.05) is 80.1 Å². The second-order valence-corrected chi connectivity index (χ2v) is 11.0. The van der Waals surface area contributed by atoms with Crippen LogP contribution in [0.1, 0.15) is 65.3 Å². The molecule has 3 aromatic rings. The van der Waals surface area contributed by atoms with Gasteiger partial charge in [0.05, 0.1) is 18.8 Å². The lowest BCUT2D eigenvalue weighted by Crippen LogP contribution is -2.39. The molecule has 0 aromatic heterocycles. The third-order valence-corrected chi connectivity index (χ3v) is 8.29. The Morgan fingerprint density at radius 2 is 1.65 bits per heavy atom. The molecule has 1 aliphatic rings. The van der Waals surface area contributed by atoms with Crippen LogP contribution in [-0.4, -0.2) is 30.6 Å². The van der Waals surface area contributed by atoms with Crippen LogP contribution in [-0.2, 0) is 37.5 Å². The van der Waals surface area contributed by atoms with Crippen molar-refractivity contribution in [3.05, 3.63) is 107 Å². The van der Waals surface area contributed by atoms with Gasteiger partial charge >= 0.3 is 7.82 Å². The molecular formula is C30H36NO5P. The Labute approximate surface area is 220 Å². The predicted molar refractivity (Wildman–Crippen MR) is 145 cm³/mol. The highest BCUT2D eigenvalue weighted by molar-refractivity contribution is 7.48. The van der Waals surface area contributed by atoms with Crippen molar-refractivity contribution in [3.8, 4) is 0 Å². The van der Waals surface area contributed by atoms with Gasteiger partial charge in [0.2, 0.25) is 0 Å². The van der Waals surface area contributed by atoms with Crippen LogP contribution in [0.4, 0.5) is 0 Å². The minimum atomic E-state index is -3.79. The zero-order valence-electron chi connectivity index (χ0n) is 21.8. The molecule has 0 bridgehead atoms. The number of carbonyl (C=O) groups is 1. The first-order valence-corrected chi connectivity index (χ1v) is 14.4. The van der Waals surface area contributed by atoms with Crippen molar-refractivity contribution in [2.24, 2.45) is 0 Å². The van der Waals surface area contributed by atoms with Crippen molar-refractivity contribution >= 4 is 13.7 Å². The van der Waals surface area contributed by atoms with E-state index in [1.807, 2.05) is 83.8 Å². The summed E-state index contributed by atoms with van der Waals surface area (Å²) in [4.78, 5) is 15.9. The van der Waals surface area contributed by atoms with E-state index in [9.17, 15) is 9.36 Å². The van der Waals surface area contributed by atoms with E-state index < -0.39 is 20.0 Å². The summed E-state index contributed by atoms with van der Waals surface area (Å²) in [6.07, 6.45) is 3.14. The van der Waals surface area contributed by atoms with Gasteiger partial charge in [0, 0.05) is 25.6 Å². The quantitative estimate of drug-likeness (QED) is 0.237. The molecule has 0 N–H and O–H groups in total. The van der Waals surface area contributed by atoms with Gasteiger partial charge in [-0.25, -0.2) is 4.57 Å². The van der Waals surface area contributed by atoms with Crippen molar-refractivity contribution in [3.63, 3.8) is 0 Å². The predicted octanol–water partition coefficient (Wildman–Crippen LogP) is 7.15. The van der Waals surface area contributed by atoms with Crippen molar-refractivity contribution in [1.29, 1.82) is 0 Å². The minimum Gasteiger partial charge on any atom is -0.325 e. The highest BCUT2D eigenvalue weighted by atomic mass is 31.2. The lowest BCUT2D eigenvalue weighted by Gasteiger charge is -2.34. The Hall–Kier alpha value is -2.76. The van der Waals surface area contributed by atoms with Crippen LogP contribution < -0.4 is 0 Å². The first-order valence-electron chi connectivity index (χ1n) is 13.0. The zero-order valence-corrected chi connectivity index (χ0v) is 22.7. The number of rotatable bonds is 12. The maximum atomic E-state index is 14.1. The third-order valence-electron chi connectivity index (χ3n) is 6.73. The van der Waals surface area contributed by atoms with Crippen LogP contribution in [0, 0.1) is 0 Å². The second kappa shape index (κ2) is 12.7. The highest BCUT2D eigenvalue weighted by Gasteiger charge is 2.44. The number of amides is 1. The first kappa shape index (κ1) is 27.3. The number of carbonyl (C=O) groups excluding carboxylic acids is 1.